The van der Waals surface area contributed by atoms with Gasteiger partial charge in [0.05, 0.1) is 11.0 Å². The molecule has 1 rings (SSSR count). The van der Waals surface area contributed by atoms with Crippen LogP contribution in [0.15, 0.2) is 10.4 Å². The number of rotatable bonds is 2. The largest absolute Gasteiger partial charge is 0.411 e. The Labute approximate surface area is 77.4 Å². The predicted molar refractivity (Wildman–Crippen MR) is 49.5 cm³/mol. The Hall–Kier alpha value is -1.13. The van der Waals surface area contributed by atoms with E-state index >= 15 is 0 Å². The van der Waals surface area contributed by atoms with E-state index in [1.54, 1.807) is 0 Å². The van der Waals surface area contributed by atoms with E-state index in [1.165, 1.54) is 5.01 Å². The average Bonchev–Trinajstić information content (AvgIpc) is 2.16. The van der Waals surface area contributed by atoms with Gasteiger partial charge in [-0.2, -0.15) is 0 Å². The second kappa shape index (κ2) is 4.20. The first-order chi connectivity index (χ1) is 6.19. The summed E-state index contributed by atoms with van der Waals surface area (Å²) in [5, 5.41) is 16.4. The quantitative estimate of drug-likeness (QED) is 0.402. The molecule has 13 heavy (non-hydrogen) atoms. The second-order valence-corrected chi connectivity index (χ2v) is 3.69. The Kier molecular flexibility index (Phi) is 3.22. The van der Waals surface area contributed by atoms with Gasteiger partial charge in [-0.25, -0.2) is 0 Å². The summed E-state index contributed by atoms with van der Waals surface area (Å²) in [5.41, 5.74) is 0.787. The van der Waals surface area contributed by atoms with Crippen LogP contribution in [-0.2, 0) is 0 Å². The van der Waals surface area contributed by atoms with Gasteiger partial charge in [-0.1, -0.05) is 19.0 Å². The molecule has 0 radical (unpaired) electrons. The molecule has 1 heterocycles. The molecule has 0 spiro atoms. The number of oxime groups is 1. The van der Waals surface area contributed by atoms with Crippen molar-refractivity contribution in [2.75, 3.05) is 13.1 Å². The van der Waals surface area contributed by atoms with Gasteiger partial charge in [0.25, 0.3) is 0 Å². The maximum atomic E-state index is 10.3. The second-order valence-electron chi connectivity index (χ2n) is 3.69. The molecule has 1 atom stereocenters. The first kappa shape index (κ1) is 9.95. The van der Waals surface area contributed by atoms with Crippen molar-refractivity contribution in [1.29, 1.82) is 0 Å². The van der Waals surface area contributed by atoms with Crippen LogP contribution in [0.1, 0.15) is 20.3 Å². The average molecular weight is 185 g/mol. The van der Waals surface area contributed by atoms with Crippen LogP contribution in [0, 0.1) is 16.7 Å². The molecule has 0 bridgehead atoms. The van der Waals surface area contributed by atoms with Crippen LogP contribution < -0.4 is 0 Å². The van der Waals surface area contributed by atoms with Crippen LogP contribution in [0.2, 0.25) is 0 Å². The fraction of sp³-hybridized carbons (Fsp3) is 0.875. The number of piperidine rings is 1. The zero-order valence-electron chi connectivity index (χ0n) is 7.97. The Bertz CT molecular complexity index is 215. The fourth-order valence-corrected chi connectivity index (χ4v) is 1.65. The summed E-state index contributed by atoms with van der Waals surface area (Å²) in [6.45, 7) is 5.22. The van der Waals surface area contributed by atoms with E-state index in [0.717, 1.165) is 5.71 Å². The molecule has 5 heteroatoms. The lowest BCUT2D eigenvalue weighted by molar-refractivity contribution is 0.213. The molecule has 1 fully saturated rings. The van der Waals surface area contributed by atoms with Crippen molar-refractivity contribution in [2.24, 2.45) is 22.3 Å². The summed E-state index contributed by atoms with van der Waals surface area (Å²) in [6.07, 6.45) is 0.630. The van der Waals surface area contributed by atoms with Crippen LogP contribution in [-0.4, -0.2) is 29.0 Å². The van der Waals surface area contributed by atoms with Crippen LogP contribution in [0.5, 0.6) is 0 Å². The molecule has 0 amide bonds. The van der Waals surface area contributed by atoms with Gasteiger partial charge in [-0.05, 0) is 5.92 Å². The van der Waals surface area contributed by atoms with E-state index < -0.39 is 0 Å². The molecular formula is C8H15N3O2. The van der Waals surface area contributed by atoms with Gasteiger partial charge in [0.2, 0.25) is 0 Å². The molecule has 0 aromatic rings. The van der Waals surface area contributed by atoms with E-state index in [2.05, 4.69) is 10.4 Å². The van der Waals surface area contributed by atoms with Crippen molar-refractivity contribution in [3.8, 4) is 0 Å². The van der Waals surface area contributed by atoms with Gasteiger partial charge in [0.1, 0.15) is 0 Å². The Morgan fingerprint density at radius 2 is 2.31 bits per heavy atom. The van der Waals surface area contributed by atoms with E-state index in [4.69, 9.17) is 5.21 Å². The normalized spacial score (nSPS) is 26.8. The van der Waals surface area contributed by atoms with Gasteiger partial charge < -0.3 is 5.21 Å². The maximum absolute atomic E-state index is 10.3. The van der Waals surface area contributed by atoms with Crippen LogP contribution in [0.4, 0.5) is 0 Å². The summed E-state index contributed by atoms with van der Waals surface area (Å²) in [7, 11) is 0. The van der Waals surface area contributed by atoms with Crippen molar-refractivity contribution in [1.82, 2.24) is 5.01 Å². The van der Waals surface area contributed by atoms with E-state index in [1.807, 2.05) is 13.8 Å². The number of hydrogen-bond acceptors (Lipinski definition) is 4. The fourth-order valence-electron chi connectivity index (χ4n) is 1.65. The topological polar surface area (TPSA) is 65.3 Å². The summed E-state index contributed by atoms with van der Waals surface area (Å²) >= 11 is 0. The standard InChI is InChI=1S/C8H15N3O2/c1-6(2)7-5-11(10-13)4-3-8(7)9-12/h6-7,12H,3-5H2,1-2H3. The van der Waals surface area contributed by atoms with E-state index in [-0.39, 0.29) is 5.92 Å². The van der Waals surface area contributed by atoms with Crippen molar-refractivity contribution < 1.29 is 5.21 Å². The molecule has 1 unspecified atom stereocenters. The lowest BCUT2D eigenvalue weighted by atomic mass is 9.87. The maximum Gasteiger partial charge on any atom is 0.0640 e. The first-order valence-electron chi connectivity index (χ1n) is 4.48. The third kappa shape index (κ3) is 2.17. The van der Waals surface area contributed by atoms with Gasteiger partial charge in [-0.3, -0.25) is 5.01 Å². The highest BCUT2D eigenvalue weighted by Crippen LogP contribution is 2.21. The monoisotopic (exact) mass is 185 g/mol. The minimum atomic E-state index is 0.149. The smallest absolute Gasteiger partial charge is 0.0640 e. The predicted octanol–water partition coefficient (Wildman–Crippen LogP) is 1.48. The molecule has 0 saturated carbocycles. The Balaban J connectivity index is 2.68. The third-order valence-corrected chi connectivity index (χ3v) is 2.51. The summed E-state index contributed by atoms with van der Waals surface area (Å²) in [5.74, 6) is 0.520. The summed E-state index contributed by atoms with van der Waals surface area (Å²) in [6, 6.07) is 0. The molecule has 0 aromatic carbocycles. The SMILES string of the molecule is CC(C)C1CN(N=O)CCC1=NO. The zero-order chi connectivity index (χ0) is 9.84. The van der Waals surface area contributed by atoms with Crippen LogP contribution in [0.25, 0.3) is 0 Å². The zero-order valence-corrected chi connectivity index (χ0v) is 7.97. The summed E-state index contributed by atoms with van der Waals surface area (Å²) in [4.78, 5) is 10.3. The van der Waals surface area contributed by atoms with Crippen molar-refractivity contribution in [3.63, 3.8) is 0 Å². The lowest BCUT2D eigenvalue weighted by Gasteiger charge is -2.31. The molecule has 1 saturated heterocycles. The van der Waals surface area contributed by atoms with E-state index in [0.29, 0.717) is 25.4 Å². The van der Waals surface area contributed by atoms with Gasteiger partial charge >= 0.3 is 0 Å². The highest BCUT2D eigenvalue weighted by molar-refractivity contribution is 5.87. The van der Waals surface area contributed by atoms with Gasteiger partial charge in [0, 0.05) is 25.4 Å². The molecular weight excluding hydrogens is 170 g/mol. The molecule has 0 aliphatic carbocycles. The van der Waals surface area contributed by atoms with Crippen molar-refractivity contribution in [3.05, 3.63) is 4.91 Å². The number of hydrogen-bond donors (Lipinski definition) is 1. The third-order valence-electron chi connectivity index (χ3n) is 2.51. The molecule has 1 aliphatic heterocycles. The molecule has 5 nitrogen and oxygen atoms in total. The first-order valence-corrected chi connectivity index (χ1v) is 4.48. The Morgan fingerprint density at radius 1 is 1.62 bits per heavy atom. The highest BCUT2D eigenvalue weighted by Gasteiger charge is 2.28. The van der Waals surface area contributed by atoms with Gasteiger partial charge in [-0.15, -0.1) is 4.91 Å². The minimum absolute atomic E-state index is 0.149. The summed E-state index contributed by atoms with van der Waals surface area (Å²) < 4.78 is 0. The van der Waals surface area contributed by atoms with Crippen LogP contribution >= 0.6 is 0 Å². The molecule has 74 valence electrons. The van der Waals surface area contributed by atoms with Gasteiger partial charge in [0.15, 0.2) is 0 Å². The molecule has 1 N–H and O–H groups in total. The van der Waals surface area contributed by atoms with Crippen molar-refractivity contribution in [2.45, 2.75) is 20.3 Å². The number of nitrogens with zero attached hydrogens (tertiary/aromatic N) is 3. The molecule has 1 aliphatic rings. The van der Waals surface area contributed by atoms with Crippen molar-refractivity contribution >= 4 is 5.71 Å². The lowest BCUT2D eigenvalue weighted by Crippen LogP contribution is -2.40. The minimum Gasteiger partial charge on any atom is -0.411 e. The Morgan fingerprint density at radius 3 is 2.77 bits per heavy atom. The van der Waals surface area contributed by atoms with E-state index in [9.17, 15) is 4.91 Å². The molecule has 0 aromatic heterocycles. The highest BCUT2D eigenvalue weighted by atomic mass is 16.4. The van der Waals surface area contributed by atoms with Crippen LogP contribution in [0.3, 0.4) is 0 Å². The number of nitroso groups, excluding NO2 is 1.